The van der Waals surface area contributed by atoms with E-state index in [1.165, 1.54) is 42.2 Å². The third-order valence-corrected chi connectivity index (χ3v) is 3.38. The normalized spacial score (nSPS) is 10.9. The molecule has 0 aliphatic rings. The van der Waals surface area contributed by atoms with Gasteiger partial charge in [-0.3, -0.25) is 4.79 Å². The number of aromatic nitrogens is 2. The van der Waals surface area contributed by atoms with Crippen LogP contribution in [0.25, 0.3) is 6.08 Å². The van der Waals surface area contributed by atoms with Crippen molar-refractivity contribution in [1.82, 2.24) is 9.97 Å². The predicted octanol–water partition coefficient (Wildman–Crippen LogP) is 2.30. The smallest absolute Gasteiger partial charge is 0.328 e. The molecule has 0 atom stereocenters. The average molecular weight is 306 g/mol. The third kappa shape index (κ3) is 4.88. The van der Waals surface area contributed by atoms with E-state index < -0.39 is 11.8 Å². The van der Waals surface area contributed by atoms with Crippen molar-refractivity contribution in [1.29, 1.82) is 0 Å². The molecule has 0 radical (unpaired) electrons. The highest BCUT2D eigenvalue weighted by molar-refractivity contribution is 7.98. The number of hydrogen-bond acceptors (Lipinski definition) is 4. The highest BCUT2D eigenvalue weighted by Crippen LogP contribution is 2.20. The Hall–Kier alpha value is -2.41. The van der Waals surface area contributed by atoms with Gasteiger partial charge in [0.15, 0.2) is 5.16 Å². The fourth-order valence-electron chi connectivity index (χ4n) is 1.60. The van der Waals surface area contributed by atoms with E-state index >= 15 is 0 Å². The van der Waals surface area contributed by atoms with Crippen LogP contribution in [-0.4, -0.2) is 21.0 Å². The molecule has 0 aliphatic carbocycles. The van der Waals surface area contributed by atoms with E-state index in [1.807, 2.05) is 0 Å². The van der Waals surface area contributed by atoms with Gasteiger partial charge in [-0.15, -0.1) is 0 Å². The minimum atomic E-state index is -1.10. The number of rotatable bonds is 5. The number of benzene rings is 1. The molecule has 0 saturated carbocycles. The quantitative estimate of drug-likeness (QED) is 0.503. The molecule has 0 saturated heterocycles. The van der Waals surface area contributed by atoms with Crippen LogP contribution >= 0.6 is 11.8 Å². The molecule has 0 spiro atoms. The van der Waals surface area contributed by atoms with Gasteiger partial charge in [-0.2, -0.15) is 0 Å². The number of carboxylic acid groups (broad SMARTS) is 1. The summed E-state index contributed by atoms with van der Waals surface area (Å²) in [6.07, 6.45) is 3.66. The molecular formula is C14H11FN2O3S. The monoisotopic (exact) mass is 306 g/mol. The van der Waals surface area contributed by atoms with E-state index in [9.17, 15) is 14.0 Å². The Morgan fingerprint density at radius 3 is 2.95 bits per heavy atom. The number of H-pyrrole nitrogens is 1. The number of carbonyl (C=O) groups is 1. The van der Waals surface area contributed by atoms with Crippen LogP contribution in [0.2, 0.25) is 0 Å². The first-order valence-electron chi connectivity index (χ1n) is 5.91. The van der Waals surface area contributed by atoms with Gasteiger partial charge in [-0.05, 0) is 29.3 Å². The van der Waals surface area contributed by atoms with Crippen molar-refractivity contribution < 1.29 is 14.3 Å². The van der Waals surface area contributed by atoms with Crippen LogP contribution in [0.15, 0.2) is 46.5 Å². The Kier molecular flexibility index (Phi) is 4.89. The molecule has 1 aromatic heterocycles. The second kappa shape index (κ2) is 6.85. The maximum absolute atomic E-state index is 13.5. The van der Waals surface area contributed by atoms with Crippen LogP contribution < -0.4 is 5.56 Å². The standard InChI is InChI=1S/C14H11FN2O3S/c15-11-6-9(1-2-13(19)20)5-10(7-11)8-21-14-16-4-3-12(18)17-14/h1-7H,8H2,(H,19,20)(H,16,17,18). The summed E-state index contributed by atoms with van der Waals surface area (Å²) in [5.74, 6) is -1.15. The molecule has 2 N–H and O–H groups in total. The van der Waals surface area contributed by atoms with E-state index in [4.69, 9.17) is 5.11 Å². The van der Waals surface area contributed by atoms with Crippen LogP contribution in [0.4, 0.5) is 4.39 Å². The minimum Gasteiger partial charge on any atom is -0.478 e. The van der Waals surface area contributed by atoms with Crippen molar-refractivity contribution >= 4 is 23.8 Å². The zero-order valence-electron chi connectivity index (χ0n) is 10.7. The van der Waals surface area contributed by atoms with Crippen LogP contribution in [0, 0.1) is 5.82 Å². The van der Waals surface area contributed by atoms with Crippen molar-refractivity contribution in [3.05, 3.63) is 63.8 Å². The number of nitrogens with zero attached hydrogens (tertiary/aromatic N) is 1. The van der Waals surface area contributed by atoms with Gasteiger partial charge in [0, 0.05) is 24.1 Å². The summed E-state index contributed by atoms with van der Waals surface area (Å²) < 4.78 is 13.5. The molecule has 1 aromatic carbocycles. The summed E-state index contributed by atoms with van der Waals surface area (Å²) in [5.41, 5.74) is 0.871. The number of thioether (sulfide) groups is 1. The Morgan fingerprint density at radius 1 is 1.43 bits per heavy atom. The van der Waals surface area contributed by atoms with E-state index in [1.54, 1.807) is 6.07 Å². The van der Waals surface area contributed by atoms with E-state index in [2.05, 4.69) is 9.97 Å². The molecule has 0 amide bonds. The number of aromatic amines is 1. The maximum Gasteiger partial charge on any atom is 0.328 e. The predicted molar refractivity (Wildman–Crippen MR) is 77.5 cm³/mol. The summed E-state index contributed by atoms with van der Waals surface area (Å²) in [6, 6.07) is 5.58. The second-order valence-corrected chi connectivity index (χ2v) is 5.06. The van der Waals surface area contributed by atoms with E-state index in [0.29, 0.717) is 22.0 Å². The van der Waals surface area contributed by atoms with Crippen molar-refractivity contribution in [2.45, 2.75) is 10.9 Å². The van der Waals surface area contributed by atoms with Crippen molar-refractivity contribution in [3.63, 3.8) is 0 Å². The van der Waals surface area contributed by atoms with E-state index in [0.717, 1.165) is 6.08 Å². The number of hydrogen-bond donors (Lipinski definition) is 2. The molecule has 2 rings (SSSR count). The molecule has 7 heteroatoms. The first-order chi connectivity index (χ1) is 10.0. The van der Waals surface area contributed by atoms with Crippen LogP contribution in [0.1, 0.15) is 11.1 Å². The Morgan fingerprint density at radius 2 is 2.24 bits per heavy atom. The van der Waals surface area contributed by atoms with Gasteiger partial charge in [0.25, 0.3) is 5.56 Å². The first kappa shape index (κ1) is 15.0. The van der Waals surface area contributed by atoms with Crippen molar-refractivity contribution in [2.75, 3.05) is 0 Å². The van der Waals surface area contributed by atoms with Crippen molar-refractivity contribution in [3.8, 4) is 0 Å². The number of carboxylic acids is 1. The van der Waals surface area contributed by atoms with Crippen LogP contribution in [0.3, 0.4) is 0 Å². The van der Waals surface area contributed by atoms with Crippen molar-refractivity contribution in [2.24, 2.45) is 0 Å². The minimum absolute atomic E-state index is 0.253. The Balaban J connectivity index is 2.13. The lowest BCUT2D eigenvalue weighted by Crippen LogP contribution is -2.05. The number of halogens is 1. The summed E-state index contributed by atoms with van der Waals surface area (Å²) in [5, 5.41) is 9.00. The molecule has 2 aromatic rings. The zero-order valence-corrected chi connectivity index (χ0v) is 11.6. The van der Waals surface area contributed by atoms with E-state index in [-0.39, 0.29) is 5.56 Å². The molecule has 21 heavy (non-hydrogen) atoms. The lowest BCUT2D eigenvalue weighted by atomic mass is 10.1. The Labute approximate surface area is 123 Å². The van der Waals surface area contributed by atoms with Gasteiger partial charge in [-0.25, -0.2) is 14.2 Å². The van der Waals surface area contributed by atoms with Crippen LogP contribution in [0.5, 0.6) is 0 Å². The van der Waals surface area contributed by atoms with Gasteiger partial charge in [0.2, 0.25) is 0 Å². The van der Waals surface area contributed by atoms with Gasteiger partial charge in [-0.1, -0.05) is 17.8 Å². The molecule has 0 bridgehead atoms. The lowest BCUT2D eigenvalue weighted by Gasteiger charge is -2.03. The van der Waals surface area contributed by atoms with Gasteiger partial charge < -0.3 is 10.1 Å². The molecule has 0 aliphatic heterocycles. The number of aliphatic carboxylic acids is 1. The fraction of sp³-hybridized carbons (Fsp3) is 0.0714. The molecule has 5 nitrogen and oxygen atoms in total. The molecular weight excluding hydrogens is 295 g/mol. The number of nitrogens with one attached hydrogen (secondary N) is 1. The lowest BCUT2D eigenvalue weighted by molar-refractivity contribution is -0.131. The first-order valence-corrected chi connectivity index (χ1v) is 6.90. The van der Waals surface area contributed by atoms with Gasteiger partial charge >= 0.3 is 5.97 Å². The highest BCUT2D eigenvalue weighted by Gasteiger charge is 2.02. The van der Waals surface area contributed by atoms with Crippen LogP contribution in [-0.2, 0) is 10.5 Å². The van der Waals surface area contributed by atoms with Gasteiger partial charge in [0.1, 0.15) is 5.82 Å². The topological polar surface area (TPSA) is 83.0 Å². The molecule has 0 fully saturated rings. The Bertz CT molecular complexity index is 743. The summed E-state index contributed by atoms with van der Waals surface area (Å²) >= 11 is 1.26. The zero-order chi connectivity index (χ0) is 15.2. The largest absolute Gasteiger partial charge is 0.478 e. The van der Waals surface area contributed by atoms with Gasteiger partial charge in [0.05, 0.1) is 0 Å². The molecule has 0 unspecified atom stereocenters. The third-order valence-electron chi connectivity index (χ3n) is 2.42. The summed E-state index contributed by atoms with van der Waals surface area (Å²) in [6.45, 7) is 0. The second-order valence-electron chi connectivity index (χ2n) is 4.09. The fourth-order valence-corrected chi connectivity index (χ4v) is 2.38. The SMILES string of the molecule is O=C(O)C=Cc1cc(F)cc(CSc2nccc(=O)[nH]2)c1. The highest BCUT2D eigenvalue weighted by atomic mass is 32.2. The molecule has 1 heterocycles. The summed E-state index contributed by atoms with van der Waals surface area (Å²) in [4.78, 5) is 28.1. The molecule has 108 valence electrons. The average Bonchev–Trinajstić information content (AvgIpc) is 2.43. The summed E-state index contributed by atoms with van der Waals surface area (Å²) in [7, 11) is 0. The maximum atomic E-state index is 13.5.